The fraction of sp³-hybridized carbons (Fsp3) is 1.00. The van der Waals surface area contributed by atoms with Crippen molar-refractivity contribution in [1.82, 2.24) is 10.2 Å². The van der Waals surface area contributed by atoms with Gasteiger partial charge in [-0.05, 0) is 69.1 Å². The molecule has 4 unspecified atom stereocenters. The second-order valence-corrected chi connectivity index (χ2v) is 11.3. The number of nitrogens with zero attached hydrogens (tertiary/aromatic N) is 1. The van der Waals surface area contributed by atoms with Crippen LogP contribution in [0.15, 0.2) is 0 Å². The van der Waals surface area contributed by atoms with Gasteiger partial charge in [-0.25, -0.2) is 8.42 Å². The van der Waals surface area contributed by atoms with E-state index in [0.717, 1.165) is 44.8 Å². The Bertz CT molecular complexity index is 553. The van der Waals surface area contributed by atoms with E-state index in [4.69, 9.17) is 4.74 Å². The van der Waals surface area contributed by atoms with Gasteiger partial charge in [-0.1, -0.05) is 0 Å². The highest BCUT2D eigenvalue weighted by Gasteiger charge is 2.42. The van der Waals surface area contributed by atoms with Crippen LogP contribution in [-0.4, -0.2) is 63.3 Å². The predicted octanol–water partition coefficient (Wildman–Crippen LogP) is 2.03. The molecule has 3 saturated heterocycles. The van der Waals surface area contributed by atoms with E-state index in [1.165, 1.54) is 45.0 Å². The Morgan fingerprint density at radius 2 is 1.76 bits per heavy atom. The van der Waals surface area contributed by atoms with Crippen LogP contribution in [-0.2, 0) is 14.6 Å². The average molecular weight is 371 g/mol. The molecule has 3 heterocycles. The third kappa shape index (κ3) is 4.07. The number of hydrogen-bond acceptors (Lipinski definition) is 5. The van der Waals surface area contributed by atoms with Crippen LogP contribution in [0.2, 0.25) is 0 Å². The zero-order valence-electron chi connectivity index (χ0n) is 15.5. The summed E-state index contributed by atoms with van der Waals surface area (Å²) in [6.45, 7) is 4.28. The minimum atomic E-state index is -2.86. The minimum Gasteiger partial charge on any atom is -0.381 e. The van der Waals surface area contributed by atoms with Crippen molar-refractivity contribution in [1.29, 1.82) is 0 Å². The first kappa shape index (κ1) is 18.2. The molecule has 4 atom stereocenters. The number of ether oxygens (including phenoxy) is 1. The first-order chi connectivity index (χ1) is 12.0. The maximum Gasteiger partial charge on any atom is 0.150 e. The smallest absolute Gasteiger partial charge is 0.150 e. The van der Waals surface area contributed by atoms with E-state index >= 15 is 0 Å². The molecule has 1 aliphatic carbocycles. The van der Waals surface area contributed by atoms with Crippen molar-refractivity contribution in [2.45, 2.75) is 68.8 Å². The normalized spacial score (nSPS) is 43.2. The van der Waals surface area contributed by atoms with Crippen molar-refractivity contribution >= 4 is 9.84 Å². The van der Waals surface area contributed by atoms with Gasteiger partial charge in [0, 0.05) is 32.0 Å². The third-order valence-electron chi connectivity index (χ3n) is 7.27. The van der Waals surface area contributed by atoms with Gasteiger partial charge in [-0.3, -0.25) is 10.2 Å². The lowest BCUT2D eigenvalue weighted by molar-refractivity contribution is 0.0874. The third-order valence-corrected chi connectivity index (χ3v) is 8.95. The number of fused-ring (bicyclic) bond motifs is 1. The molecular weight excluding hydrogens is 336 g/mol. The molecule has 0 bridgehead atoms. The molecule has 4 fully saturated rings. The lowest BCUT2D eigenvalue weighted by Crippen LogP contribution is -2.56. The molecular formula is C19H34N2O3S. The van der Waals surface area contributed by atoms with Crippen molar-refractivity contribution in [3.8, 4) is 0 Å². The van der Waals surface area contributed by atoms with Crippen LogP contribution in [0, 0.1) is 17.8 Å². The molecule has 1 N–H and O–H groups in total. The fourth-order valence-electron chi connectivity index (χ4n) is 5.72. The largest absolute Gasteiger partial charge is 0.381 e. The minimum absolute atomic E-state index is 0.0922. The lowest BCUT2D eigenvalue weighted by atomic mass is 9.78. The zero-order chi connectivity index (χ0) is 17.4. The number of likely N-dealkylation sites (tertiary alicyclic amines) is 1. The molecule has 5 nitrogen and oxygen atoms in total. The Hall–Kier alpha value is -0.170. The highest BCUT2D eigenvalue weighted by atomic mass is 32.2. The van der Waals surface area contributed by atoms with Crippen LogP contribution < -0.4 is 5.32 Å². The standard InChI is InChI=1S/C19H34N2O3S/c1-25(22,23)17-5-2-15(3-6-17)18-7-4-16-8-10-21(19(16)20-18)12-14-9-11-24-13-14/h14-20H,2-13H2,1H3. The molecule has 144 valence electrons. The highest BCUT2D eigenvalue weighted by Crippen LogP contribution is 2.38. The Morgan fingerprint density at radius 1 is 1.00 bits per heavy atom. The first-order valence-corrected chi connectivity index (χ1v) is 12.2. The molecule has 6 heteroatoms. The topological polar surface area (TPSA) is 58.6 Å². The fourth-order valence-corrected chi connectivity index (χ4v) is 6.85. The van der Waals surface area contributed by atoms with Gasteiger partial charge in [0.2, 0.25) is 0 Å². The summed E-state index contributed by atoms with van der Waals surface area (Å²) in [5.74, 6) is 2.19. The van der Waals surface area contributed by atoms with Gasteiger partial charge in [0.15, 0.2) is 0 Å². The Kier molecular flexibility index (Phi) is 5.43. The molecule has 4 aliphatic rings. The van der Waals surface area contributed by atoms with Crippen molar-refractivity contribution in [3.63, 3.8) is 0 Å². The zero-order valence-corrected chi connectivity index (χ0v) is 16.3. The van der Waals surface area contributed by atoms with E-state index in [0.29, 0.717) is 24.0 Å². The van der Waals surface area contributed by atoms with E-state index in [9.17, 15) is 8.42 Å². The number of piperidine rings is 1. The molecule has 25 heavy (non-hydrogen) atoms. The van der Waals surface area contributed by atoms with Crippen LogP contribution in [0.3, 0.4) is 0 Å². The molecule has 0 aromatic heterocycles. The van der Waals surface area contributed by atoms with Gasteiger partial charge in [-0.15, -0.1) is 0 Å². The van der Waals surface area contributed by atoms with E-state index in [1.54, 1.807) is 0 Å². The molecule has 4 rings (SSSR count). The quantitative estimate of drug-likeness (QED) is 0.820. The van der Waals surface area contributed by atoms with Crippen LogP contribution in [0.5, 0.6) is 0 Å². The van der Waals surface area contributed by atoms with Gasteiger partial charge < -0.3 is 4.74 Å². The Balaban J connectivity index is 1.32. The van der Waals surface area contributed by atoms with Crippen molar-refractivity contribution in [3.05, 3.63) is 0 Å². The van der Waals surface area contributed by atoms with Gasteiger partial charge in [-0.2, -0.15) is 0 Å². The van der Waals surface area contributed by atoms with Crippen LogP contribution in [0.4, 0.5) is 0 Å². The van der Waals surface area contributed by atoms with E-state index < -0.39 is 9.84 Å². The summed E-state index contributed by atoms with van der Waals surface area (Å²) in [5, 5.41) is 3.91. The molecule has 1 saturated carbocycles. The van der Waals surface area contributed by atoms with Gasteiger partial charge >= 0.3 is 0 Å². The summed E-state index contributed by atoms with van der Waals surface area (Å²) in [4.78, 5) is 2.68. The summed E-state index contributed by atoms with van der Waals surface area (Å²) >= 11 is 0. The molecule has 0 amide bonds. The first-order valence-electron chi connectivity index (χ1n) is 10.3. The van der Waals surface area contributed by atoms with Crippen LogP contribution >= 0.6 is 0 Å². The summed E-state index contributed by atoms with van der Waals surface area (Å²) in [7, 11) is -2.86. The van der Waals surface area contributed by atoms with E-state index in [-0.39, 0.29) is 5.25 Å². The maximum absolute atomic E-state index is 11.8. The van der Waals surface area contributed by atoms with Crippen molar-refractivity contribution in [2.75, 3.05) is 32.6 Å². The second-order valence-electron chi connectivity index (χ2n) is 8.93. The number of nitrogens with one attached hydrogen (secondary N) is 1. The number of sulfone groups is 1. The van der Waals surface area contributed by atoms with Crippen LogP contribution in [0.1, 0.15) is 51.4 Å². The van der Waals surface area contributed by atoms with E-state index in [1.807, 2.05) is 0 Å². The predicted molar refractivity (Wildman–Crippen MR) is 99.1 cm³/mol. The Morgan fingerprint density at radius 3 is 2.44 bits per heavy atom. The average Bonchev–Trinajstić information content (AvgIpc) is 3.24. The molecule has 0 aromatic rings. The molecule has 0 radical (unpaired) electrons. The van der Waals surface area contributed by atoms with Gasteiger partial charge in [0.05, 0.1) is 18.0 Å². The van der Waals surface area contributed by atoms with Crippen molar-refractivity contribution < 1.29 is 13.2 Å². The molecule has 0 spiro atoms. The SMILES string of the molecule is CS(=O)(=O)C1CCC(C2CCC3CCN(CC4CCOC4)C3N2)CC1. The summed E-state index contributed by atoms with van der Waals surface area (Å²) in [6.07, 6.45) is 11.0. The summed E-state index contributed by atoms with van der Waals surface area (Å²) in [5.41, 5.74) is 0. The van der Waals surface area contributed by atoms with Crippen molar-refractivity contribution in [2.24, 2.45) is 17.8 Å². The number of hydrogen-bond donors (Lipinski definition) is 1. The maximum atomic E-state index is 11.8. The molecule has 0 aromatic carbocycles. The summed E-state index contributed by atoms with van der Waals surface area (Å²) < 4.78 is 29.1. The lowest BCUT2D eigenvalue weighted by Gasteiger charge is -2.43. The van der Waals surface area contributed by atoms with Gasteiger partial charge in [0.25, 0.3) is 0 Å². The highest BCUT2D eigenvalue weighted by molar-refractivity contribution is 7.91. The monoisotopic (exact) mass is 370 g/mol. The van der Waals surface area contributed by atoms with Crippen LogP contribution in [0.25, 0.3) is 0 Å². The molecule has 3 aliphatic heterocycles. The van der Waals surface area contributed by atoms with E-state index in [2.05, 4.69) is 10.2 Å². The summed E-state index contributed by atoms with van der Waals surface area (Å²) in [6, 6.07) is 0.585. The Labute approximate surface area is 152 Å². The second kappa shape index (κ2) is 7.45. The van der Waals surface area contributed by atoms with Gasteiger partial charge in [0.1, 0.15) is 9.84 Å². The number of rotatable bonds is 4.